The lowest BCUT2D eigenvalue weighted by Crippen LogP contribution is -2.54. The van der Waals surface area contributed by atoms with Crippen molar-refractivity contribution in [1.29, 1.82) is 0 Å². The van der Waals surface area contributed by atoms with E-state index in [-0.39, 0.29) is 18.5 Å². The second-order valence-electron chi connectivity index (χ2n) is 10.8. The third-order valence-corrected chi connectivity index (χ3v) is 8.83. The molecule has 1 fully saturated rings. The zero-order chi connectivity index (χ0) is 30.1. The first-order valence-electron chi connectivity index (χ1n) is 14.5. The van der Waals surface area contributed by atoms with Gasteiger partial charge in [-0.3, -0.25) is 13.9 Å². The summed E-state index contributed by atoms with van der Waals surface area (Å²) in [6.07, 6.45) is 5.33. The van der Waals surface area contributed by atoms with Crippen molar-refractivity contribution in [3.63, 3.8) is 0 Å². The minimum Gasteiger partial charge on any atom is -0.494 e. The molecular weight excluding hydrogens is 550 g/mol. The molecule has 0 bridgehead atoms. The monoisotopic (exact) mass is 591 g/mol. The van der Waals surface area contributed by atoms with Crippen molar-refractivity contribution >= 4 is 27.5 Å². The summed E-state index contributed by atoms with van der Waals surface area (Å²) in [4.78, 5) is 29.7. The highest BCUT2D eigenvalue weighted by Crippen LogP contribution is 2.24. The molecule has 9 heteroatoms. The van der Waals surface area contributed by atoms with Crippen LogP contribution >= 0.6 is 0 Å². The summed E-state index contributed by atoms with van der Waals surface area (Å²) in [7, 11) is -3.83. The number of aryl methyl sites for hydroxylation is 1. The molecule has 1 N–H and O–H groups in total. The second kappa shape index (κ2) is 14.4. The second-order valence-corrected chi connectivity index (χ2v) is 12.7. The molecule has 3 aromatic carbocycles. The number of carbonyl (C=O) groups is 2. The van der Waals surface area contributed by atoms with Gasteiger partial charge in [0.25, 0.3) is 0 Å². The van der Waals surface area contributed by atoms with Crippen molar-refractivity contribution < 1.29 is 22.7 Å². The summed E-state index contributed by atoms with van der Waals surface area (Å²) < 4.78 is 32.6. The molecule has 224 valence electrons. The van der Waals surface area contributed by atoms with Crippen molar-refractivity contribution in [2.24, 2.45) is 0 Å². The van der Waals surface area contributed by atoms with Crippen molar-refractivity contribution in [2.45, 2.75) is 64.6 Å². The highest BCUT2D eigenvalue weighted by molar-refractivity contribution is 7.92. The zero-order valence-electron chi connectivity index (χ0n) is 24.7. The fourth-order valence-electron chi connectivity index (χ4n) is 5.38. The maximum atomic E-state index is 14.2. The zero-order valence-corrected chi connectivity index (χ0v) is 25.5. The molecule has 1 aliphatic carbocycles. The molecule has 0 radical (unpaired) electrons. The van der Waals surface area contributed by atoms with E-state index < -0.39 is 28.5 Å². The van der Waals surface area contributed by atoms with Crippen LogP contribution in [0.2, 0.25) is 0 Å². The Balaban J connectivity index is 1.71. The van der Waals surface area contributed by atoms with Crippen molar-refractivity contribution in [3.8, 4) is 5.75 Å². The first-order valence-corrected chi connectivity index (χ1v) is 16.4. The minimum absolute atomic E-state index is 0.0718. The van der Waals surface area contributed by atoms with Gasteiger partial charge in [0.2, 0.25) is 21.8 Å². The molecule has 1 aliphatic rings. The summed E-state index contributed by atoms with van der Waals surface area (Å²) in [5, 5.41) is 3.19. The fourth-order valence-corrected chi connectivity index (χ4v) is 6.23. The highest BCUT2D eigenvalue weighted by atomic mass is 32.2. The molecule has 0 aromatic heterocycles. The van der Waals surface area contributed by atoms with E-state index in [1.807, 2.05) is 68.4 Å². The highest BCUT2D eigenvalue weighted by Gasteiger charge is 2.34. The van der Waals surface area contributed by atoms with Crippen molar-refractivity contribution in [1.82, 2.24) is 10.2 Å². The van der Waals surface area contributed by atoms with E-state index in [2.05, 4.69) is 5.32 Å². The first-order chi connectivity index (χ1) is 20.2. The Kier molecular flexibility index (Phi) is 10.6. The topological polar surface area (TPSA) is 96.0 Å². The standard InChI is InChI=1S/C33H41N3O5S/c1-4-41-30-20-18-29(19-21-30)36(42(3,39)40)24-32(37)35(23-27-15-9-8-12-25(27)2)31(22-26-13-6-5-7-14-26)33(38)34-28-16-10-11-17-28/h5-9,12-15,18-21,28,31H,4,10-11,16-17,22-24H2,1-3H3,(H,34,38)/t31-/m0/s1. The van der Waals surface area contributed by atoms with Gasteiger partial charge in [-0.1, -0.05) is 67.4 Å². The first kappa shape index (κ1) is 31.1. The van der Waals surface area contributed by atoms with Gasteiger partial charge in [0.15, 0.2) is 0 Å². The summed E-state index contributed by atoms with van der Waals surface area (Å²) in [6, 6.07) is 23.2. The Morgan fingerprint density at radius 2 is 1.60 bits per heavy atom. The molecule has 4 rings (SSSR count). The molecule has 0 spiro atoms. The fraction of sp³-hybridized carbons (Fsp3) is 0.394. The Morgan fingerprint density at radius 3 is 2.21 bits per heavy atom. The Morgan fingerprint density at radius 1 is 0.952 bits per heavy atom. The molecule has 42 heavy (non-hydrogen) atoms. The van der Waals surface area contributed by atoms with Gasteiger partial charge in [-0.05, 0) is 67.6 Å². The molecule has 3 aromatic rings. The molecule has 8 nitrogen and oxygen atoms in total. The lowest BCUT2D eigenvalue weighted by atomic mass is 10.0. The van der Waals surface area contributed by atoms with Gasteiger partial charge in [-0.25, -0.2) is 8.42 Å². The number of hydrogen-bond acceptors (Lipinski definition) is 5. The lowest BCUT2D eigenvalue weighted by Gasteiger charge is -2.34. The smallest absolute Gasteiger partial charge is 0.244 e. The van der Waals surface area contributed by atoms with Crippen LogP contribution in [0.1, 0.15) is 49.3 Å². The van der Waals surface area contributed by atoms with Crippen LogP contribution in [0.25, 0.3) is 0 Å². The van der Waals surface area contributed by atoms with Crippen LogP contribution < -0.4 is 14.4 Å². The quantitative estimate of drug-likeness (QED) is 0.306. The number of nitrogens with zero attached hydrogens (tertiary/aromatic N) is 2. The molecule has 0 unspecified atom stereocenters. The molecule has 1 atom stereocenters. The largest absolute Gasteiger partial charge is 0.494 e. The van der Waals surface area contributed by atoms with E-state index in [0.717, 1.165) is 52.9 Å². The number of ether oxygens (including phenoxy) is 1. The average Bonchev–Trinajstić information content (AvgIpc) is 3.48. The molecule has 0 heterocycles. The van der Waals surface area contributed by atoms with E-state index in [1.165, 1.54) is 0 Å². The molecule has 0 saturated heterocycles. The number of nitrogens with one attached hydrogen (secondary N) is 1. The van der Waals surface area contributed by atoms with E-state index in [9.17, 15) is 18.0 Å². The number of carbonyl (C=O) groups excluding carboxylic acids is 2. The van der Waals surface area contributed by atoms with E-state index in [1.54, 1.807) is 29.2 Å². The normalized spacial score (nSPS) is 14.3. The molecule has 2 amide bonds. The summed E-state index contributed by atoms with van der Waals surface area (Å²) in [5.41, 5.74) is 3.14. The van der Waals surface area contributed by atoms with Crippen LogP contribution in [0.5, 0.6) is 5.75 Å². The Bertz CT molecular complexity index is 1440. The van der Waals surface area contributed by atoms with Crippen LogP contribution in [-0.2, 0) is 32.6 Å². The summed E-state index contributed by atoms with van der Waals surface area (Å²) in [6.45, 7) is 4.04. The lowest BCUT2D eigenvalue weighted by molar-refractivity contribution is -0.140. The minimum atomic E-state index is -3.83. The maximum absolute atomic E-state index is 14.2. The van der Waals surface area contributed by atoms with Crippen LogP contribution in [-0.4, -0.2) is 56.6 Å². The Hall–Kier alpha value is -3.85. The summed E-state index contributed by atoms with van der Waals surface area (Å²) in [5.74, 6) is -0.0755. The maximum Gasteiger partial charge on any atom is 0.244 e. The number of sulfonamides is 1. The number of hydrogen-bond donors (Lipinski definition) is 1. The van der Waals surface area contributed by atoms with Crippen LogP contribution in [0.4, 0.5) is 5.69 Å². The Labute approximate surface area is 249 Å². The van der Waals surface area contributed by atoms with Crippen LogP contribution in [0.15, 0.2) is 78.9 Å². The number of anilines is 1. The van der Waals surface area contributed by atoms with Crippen molar-refractivity contribution in [3.05, 3.63) is 95.6 Å². The third-order valence-electron chi connectivity index (χ3n) is 7.69. The molecular formula is C33H41N3O5S. The van der Waals surface area contributed by atoms with Gasteiger partial charge in [-0.15, -0.1) is 0 Å². The van der Waals surface area contributed by atoms with Crippen LogP contribution in [0, 0.1) is 6.92 Å². The number of amides is 2. The van der Waals surface area contributed by atoms with E-state index in [4.69, 9.17) is 4.74 Å². The predicted octanol–water partition coefficient (Wildman–Crippen LogP) is 4.86. The van der Waals surface area contributed by atoms with Gasteiger partial charge in [0.1, 0.15) is 18.3 Å². The van der Waals surface area contributed by atoms with Gasteiger partial charge in [-0.2, -0.15) is 0 Å². The van der Waals surface area contributed by atoms with Crippen molar-refractivity contribution in [2.75, 3.05) is 23.7 Å². The summed E-state index contributed by atoms with van der Waals surface area (Å²) >= 11 is 0. The number of rotatable bonds is 13. The van der Waals surface area contributed by atoms with Gasteiger partial charge in [0, 0.05) is 19.0 Å². The predicted molar refractivity (Wildman–Crippen MR) is 166 cm³/mol. The van der Waals surface area contributed by atoms with Gasteiger partial charge < -0.3 is 15.0 Å². The number of benzene rings is 3. The third kappa shape index (κ3) is 8.35. The van der Waals surface area contributed by atoms with E-state index >= 15 is 0 Å². The SMILES string of the molecule is CCOc1ccc(N(CC(=O)N(Cc2ccccc2C)[C@@H](Cc2ccccc2)C(=O)NC2CCCC2)S(C)(=O)=O)cc1. The van der Waals surface area contributed by atoms with E-state index in [0.29, 0.717) is 24.5 Å². The molecule has 0 aliphatic heterocycles. The van der Waals surface area contributed by atoms with Crippen LogP contribution in [0.3, 0.4) is 0 Å². The molecule has 1 saturated carbocycles. The van der Waals surface area contributed by atoms with Gasteiger partial charge in [0.05, 0.1) is 18.6 Å². The van der Waals surface area contributed by atoms with Gasteiger partial charge >= 0.3 is 0 Å². The average molecular weight is 592 g/mol.